The van der Waals surface area contributed by atoms with Crippen molar-refractivity contribution in [1.29, 1.82) is 0 Å². The molecule has 4 rings (SSSR count). The van der Waals surface area contributed by atoms with Gasteiger partial charge in [0, 0.05) is 35.2 Å². The topological polar surface area (TPSA) is 106 Å². The first-order valence-electron chi connectivity index (χ1n) is 10.9. The van der Waals surface area contributed by atoms with E-state index in [9.17, 15) is 4.79 Å². The van der Waals surface area contributed by atoms with Gasteiger partial charge >= 0.3 is 0 Å². The van der Waals surface area contributed by atoms with Crippen LogP contribution in [-0.2, 0) is 17.3 Å². The summed E-state index contributed by atoms with van der Waals surface area (Å²) in [7, 11) is 4.85. The van der Waals surface area contributed by atoms with Crippen molar-refractivity contribution in [3.63, 3.8) is 0 Å². The van der Waals surface area contributed by atoms with E-state index in [1.165, 1.54) is 6.08 Å². The lowest BCUT2D eigenvalue weighted by Gasteiger charge is -2.28. The number of carbonyl (C=O) groups is 1. The Morgan fingerprint density at radius 1 is 1.17 bits per heavy atom. The van der Waals surface area contributed by atoms with Gasteiger partial charge in [-0.1, -0.05) is 43.6 Å². The number of nitrogens with one attached hydrogen (secondary N) is 3. The van der Waals surface area contributed by atoms with Gasteiger partial charge in [-0.15, -0.1) is 0 Å². The van der Waals surface area contributed by atoms with E-state index in [0.29, 0.717) is 44.4 Å². The molecule has 1 aromatic carbocycles. The smallest absolute Gasteiger partial charge is 0.247 e. The summed E-state index contributed by atoms with van der Waals surface area (Å²) < 4.78 is 12.5. The summed E-state index contributed by atoms with van der Waals surface area (Å²) in [5.41, 5.74) is 2.25. The second-order valence-corrected chi connectivity index (χ2v) is 9.39. The number of hydrogen-bond donors (Lipinski definition) is 3. The fraction of sp³-hybridized carbons (Fsp3) is 0.240. The molecule has 0 atom stereocenters. The SMILES string of the molecule is C=CC(=O)Nc1cn(C)nc1Nc1cc2cc(C(C)(C)c3c(Cl)c(OC)cc(OC)c3Cl)[nH]c2cn1. The van der Waals surface area contributed by atoms with Gasteiger partial charge in [-0.05, 0) is 18.2 Å². The zero-order valence-corrected chi connectivity index (χ0v) is 22.0. The molecule has 0 saturated carbocycles. The third kappa shape index (κ3) is 4.59. The molecule has 11 heteroatoms. The molecule has 9 nitrogen and oxygen atoms in total. The Morgan fingerprint density at radius 3 is 2.44 bits per heavy atom. The lowest BCUT2D eigenvalue weighted by Crippen LogP contribution is -2.21. The van der Waals surface area contributed by atoms with E-state index in [1.54, 1.807) is 44.4 Å². The average Bonchev–Trinajstić information content (AvgIpc) is 3.42. The molecule has 0 aliphatic rings. The molecule has 4 aromatic rings. The number of benzene rings is 1. The molecule has 3 N–H and O–H groups in total. The Balaban J connectivity index is 1.72. The van der Waals surface area contributed by atoms with Gasteiger partial charge in [0.1, 0.15) is 23.0 Å². The van der Waals surface area contributed by atoms with E-state index in [2.05, 4.69) is 32.3 Å². The Morgan fingerprint density at radius 2 is 1.83 bits per heavy atom. The first-order valence-corrected chi connectivity index (χ1v) is 11.7. The first-order chi connectivity index (χ1) is 17.1. The Bertz CT molecular complexity index is 1450. The molecule has 0 aliphatic carbocycles. The van der Waals surface area contributed by atoms with Gasteiger partial charge in [-0.2, -0.15) is 5.10 Å². The highest BCUT2D eigenvalue weighted by Crippen LogP contribution is 2.48. The molecule has 0 spiro atoms. The fourth-order valence-corrected chi connectivity index (χ4v) is 4.96. The number of carbonyl (C=O) groups excluding carboxylic acids is 1. The molecule has 0 bridgehead atoms. The van der Waals surface area contributed by atoms with Crippen LogP contribution in [0.4, 0.5) is 17.3 Å². The summed E-state index contributed by atoms with van der Waals surface area (Å²) in [5, 5.41) is 12.0. The van der Waals surface area contributed by atoms with Crippen LogP contribution in [0.15, 0.2) is 43.2 Å². The van der Waals surface area contributed by atoms with Crippen LogP contribution in [0, 0.1) is 0 Å². The second kappa shape index (κ2) is 9.75. The lowest BCUT2D eigenvalue weighted by molar-refractivity contribution is -0.111. The van der Waals surface area contributed by atoms with Crippen molar-refractivity contribution in [3.05, 3.63) is 64.6 Å². The molecule has 0 saturated heterocycles. The number of rotatable bonds is 8. The average molecular weight is 529 g/mol. The summed E-state index contributed by atoms with van der Waals surface area (Å²) in [6.45, 7) is 7.50. The summed E-state index contributed by atoms with van der Waals surface area (Å²) in [5.74, 6) is 1.62. The summed E-state index contributed by atoms with van der Waals surface area (Å²) in [6, 6.07) is 5.56. The Kier molecular flexibility index (Phi) is 6.88. The summed E-state index contributed by atoms with van der Waals surface area (Å²) in [6.07, 6.45) is 4.60. The molecular weight excluding hydrogens is 503 g/mol. The number of ether oxygens (including phenoxy) is 2. The minimum absolute atomic E-state index is 0.335. The standard InChI is InChI=1S/C25H26Cl2N6O3/c1-7-20(34)30-15-12-33(4)32-24(15)31-19-9-13-8-18(29-14(13)11-28-19)25(2,3)21-22(26)16(35-5)10-17(36-6)23(21)27/h7-12,29H,1H2,2-6H3,(H,30,34)(H,28,31,32). The van der Waals surface area contributed by atoms with Gasteiger partial charge in [0.25, 0.3) is 0 Å². The predicted octanol–water partition coefficient (Wildman–Crippen LogP) is 5.81. The van der Waals surface area contributed by atoms with Crippen LogP contribution in [-0.4, -0.2) is 39.9 Å². The molecule has 188 valence electrons. The zero-order chi connectivity index (χ0) is 26.2. The highest BCUT2D eigenvalue weighted by Gasteiger charge is 2.33. The summed E-state index contributed by atoms with van der Waals surface area (Å²) in [4.78, 5) is 19.7. The minimum atomic E-state index is -0.633. The molecule has 0 fully saturated rings. The molecular formula is C25H26Cl2N6O3. The number of aromatic amines is 1. The van der Waals surface area contributed by atoms with Crippen LogP contribution in [0.5, 0.6) is 11.5 Å². The van der Waals surface area contributed by atoms with E-state index in [1.807, 2.05) is 26.0 Å². The normalized spacial score (nSPS) is 11.4. The van der Waals surface area contributed by atoms with E-state index in [4.69, 9.17) is 32.7 Å². The Labute approximate surface area is 218 Å². The predicted molar refractivity (Wildman–Crippen MR) is 143 cm³/mol. The molecule has 0 unspecified atom stereocenters. The number of hydrogen-bond acceptors (Lipinski definition) is 6. The fourth-order valence-electron chi connectivity index (χ4n) is 3.98. The number of halogens is 2. The van der Waals surface area contributed by atoms with Crippen LogP contribution >= 0.6 is 23.2 Å². The molecule has 0 aliphatic heterocycles. The molecule has 0 radical (unpaired) electrons. The van der Waals surface area contributed by atoms with E-state index >= 15 is 0 Å². The van der Waals surface area contributed by atoms with Gasteiger partial charge in [-0.3, -0.25) is 9.48 Å². The summed E-state index contributed by atoms with van der Waals surface area (Å²) >= 11 is 13.4. The Hall–Kier alpha value is -3.69. The number of H-pyrrole nitrogens is 1. The maximum atomic E-state index is 11.8. The van der Waals surface area contributed by atoms with Crippen molar-refractivity contribution in [2.24, 2.45) is 7.05 Å². The van der Waals surface area contributed by atoms with Crippen LogP contribution in [0.25, 0.3) is 10.9 Å². The van der Waals surface area contributed by atoms with Crippen molar-refractivity contribution < 1.29 is 14.3 Å². The largest absolute Gasteiger partial charge is 0.495 e. The van der Waals surface area contributed by atoms with Crippen molar-refractivity contribution in [2.75, 3.05) is 24.9 Å². The molecule has 3 heterocycles. The van der Waals surface area contributed by atoms with Crippen molar-refractivity contribution in [2.45, 2.75) is 19.3 Å². The molecule has 3 aromatic heterocycles. The first kappa shape index (κ1) is 25.4. The monoisotopic (exact) mass is 528 g/mol. The van der Waals surface area contributed by atoms with Crippen LogP contribution in [0.3, 0.4) is 0 Å². The lowest BCUT2D eigenvalue weighted by atomic mass is 9.81. The van der Waals surface area contributed by atoms with Crippen molar-refractivity contribution >= 4 is 57.3 Å². The van der Waals surface area contributed by atoms with E-state index in [-0.39, 0.29) is 5.91 Å². The minimum Gasteiger partial charge on any atom is -0.495 e. The highest BCUT2D eigenvalue weighted by molar-refractivity contribution is 6.38. The van der Waals surface area contributed by atoms with E-state index in [0.717, 1.165) is 16.6 Å². The number of aromatic nitrogens is 4. The quantitative estimate of drug-likeness (QED) is 0.249. The van der Waals surface area contributed by atoms with Crippen LogP contribution < -0.4 is 20.1 Å². The van der Waals surface area contributed by atoms with Crippen LogP contribution in [0.2, 0.25) is 10.0 Å². The number of anilines is 3. The van der Waals surface area contributed by atoms with Gasteiger partial charge in [0.2, 0.25) is 5.91 Å². The van der Waals surface area contributed by atoms with Crippen molar-refractivity contribution in [1.82, 2.24) is 19.7 Å². The zero-order valence-electron chi connectivity index (χ0n) is 20.5. The maximum absolute atomic E-state index is 11.8. The number of methoxy groups -OCH3 is 2. The number of nitrogens with zero attached hydrogens (tertiary/aromatic N) is 3. The van der Waals surface area contributed by atoms with Gasteiger partial charge in [0.05, 0.1) is 42.2 Å². The van der Waals surface area contributed by atoms with Crippen LogP contribution in [0.1, 0.15) is 25.1 Å². The number of pyridine rings is 1. The third-order valence-electron chi connectivity index (χ3n) is 5.90. The molecule has 1 amide bonds. The van der Waals surface area contributed by atoms with Gasteiger partial charge in [-0.25, -0.2) is 4.98 Å². The van der Waals surface area contributed by atoms with Gasteiger partial charge < -0.3 is 25.1 Å². The highest BCUT2D eigenvalue weighted by atomic mass is 35.5. The molecule has 36 heavy (non-hydrogen) atoms. The van der Waals surface area contributed by atoms with Crippen molar-refractivity contribution in [3.8, 4) is 11.5 Å². The number of aryl methyl sites for hydroxylation is 1. The maximum Gasteiger partial charge on any atom is 0.247 e. The third-order valence-corrected chi connectivity index (χ3v) is 6.65. The number of amides is 1. The van der Waals surface area contributed by atoms with Gasteiger partial charge in [0.15, 0.2) is 5.82 Å². The number of fused-ring (bicyclic) bond motifs is 1. The van der Waals surface area contributed by atoms with E-state index < -0.39 is 5.41 Å². The second-order valence-electron chi connectivity index (χ2n) is 8.63.